The quantitative estimate of drug-likeness (QED) is 0.860. The van der Waals surface area contributed by atoms with Gasteiger partial charge in [0.05, 0.1) is 6.04 Å². The zero-order chi connectivity index (χ0) is 13.2. The minimum atomic E-state index is -0.553. The molecule has 0 radical (unpaired) electrons. The van der Waals surface area contributed by atoms with E-state index in [2.05, 4.69) is 17.4 Å². The zero-order valence-corrected chi connectivity index (χ0v) is 10.5. The molecule has 1 aliphatic rings. The Hall–Kier alpha value is -2.13. The molecule has 0 aromatic heterocycles. The number of nitrogens with two attached hydrogens (primary N) is 1. The van der Waals surface area contributed by atoms with Gasteiger partial charge in [-0.1, -0.05) is 54.6 Å². The molecule has 2 atom stereocenters. The van der Waals surface area contributed by atoms with E-state index in [1.807, 2.05) is 42.5 Å². The predicted octanol–water partition coefficient (Wildman–Crippen LogP) is 2.10. The highest BCUT2D eigenvalue weighted by molar-refractivity contribution is 5.85. The summed E-state index contributed by atoms with van der Waals surface area (Å²) >= 11 is 0. The third-order valence-electron chi connectivity index (χ3n) is 3.59. The second-order valence-corrected chi connectivity index (χ2v) is 4.86. The van der Waals surface area contributed by atoms with E-state index in [1.54, 1.807) is 0 Å². The van der Waals surface area contributed by atoms with Crippen molar-refractivity contribution in [3.63, 3.8) is 0 Å². The highest BCUT2D eigenvalue weighted by Crippen LogP contribution is 2.30. The Bertz CT molecular complexity index is 595. The van der Waals surface area contributed by atoms with Crippen LogP contribution in [0.2, 0.25) is 0 Å². The molecular formula is C16H16N2O. The van der Waals surface area contributed by atoms with E-state index in [-0.39, 0.29) is 11.9 Å². The largest absolute Gasteiger partial charge is 0.347 e. The number of fused-ring (bicyclic) bond motifs is 1. The Kier molecular flexibility index (Phi) is 3.05. The van der Waals surface area contributed by atoms with Crippen molar-refractivity contribution in [1.29, 1.82) is 0 Å². The first-order chi connectivity index (χ1) is 9.25. The number of hydrogen-bond acceptors (Lipinski definition) is 2. The van der Waals surface area contributed by atoms with Crippen LogP contribution in [0.4, 0.5) is 0 Å². The molecule has 0 spiro atoms. The van der Waals surface area contributed by atoms with Gasteiger partial charge in [-0.05, 0) is 23.1 Å². The molecule has 3 N–H and O–H groups in total. The van der Waals surface area contributed by atoms with Crippen molar-refractivity contribution in [2.75, 3.05) is 0 Å². The molecule has 3 heteroatoms. The number of rotatable bonds is 2. The van der Waals surface area contributed by atoms with Crippen molar-refractivity contribution in [3.8, 4) is 0 Å². The molecule has 0 saturated heterocycles. The Labute approximate surface area is 112 Å². The van der Waals surface area contributed by atoms with E-state index in [0.717, 1.165) is 17.5 Å². The average Bonchev–Trinajstić information content (AvgIpc) is 2.46. The number of hydrogen-bond donors (Lipinski definition) is 2. The molecule has 1 heterocycles. The molecule has 19 heavy (non-hydrogen) atoms. The van der Waals surface area contributed by atoms with Gasteiger partial charge in [-0.3, -0.25) is 4.79 Å². The summed E-state index contributed by atoms with van der Waals surface area (Å²) in [5.74, 6) is -0.0976. The van der Waals surface area contributed by atoms with Crippen LogP contribution in [0.5, 0.6) is 0 Å². The van der Waals surface area contributed by atoms with Crippen LogP contribution in [0.25, 0.3) is 0 Å². The third-order valence-corrected chi connectivity index (χ3v) is 3.59. The van der Waals surface area contributed by atoms with Crippen LogP contribution in [-0.4, -0.2) is 5.91 Å². The van der Waals surface area contributed by atoms with Crippen LogP contribution in [0.15, 0.2) is 54.6 Å². The summed E-state index contributed by atoms with van der Waals surface area (Å²) in [5, 5.41) is 3.01. The molecule has 0 aliphatic carbocycles. The van der Waals surface area contributed by atoms with Gasteiger partial charge in [0.2, 0.25) is 5.91 Å². The number of carbonyl (C=O) groups is 1. The molecule has 1 aliphatic heterocycles. The first kappa shape index (κ1) is 11.9. The summed E-state index contributed by atoms with van der Waals surface area (Å²) in [6.45, 7) is 0. The van der Waals surface area contributed by atoms with Crippen LogP contribution >= 0.6 is 0 Å². The lowest BCUT2D eigenvalue weighted by molar-refractivity contribution is -0.123. The summed E-state index contributed by atoms with van der Waals surface area (Å²) in [7, 11) is 0. The zero-order valence-electron chi connectivity index (χ0n) is 10.5. The van der Waals surface area contributed by atoms with Gasteiger partial charge in [-0.25, -0.2) is 0 Å². The smallest absolute Gasteiger partial charge is 0.242 e. The number of benzene rings is 2. The SMILES string of the molecule is NC1C(=O)NC(Cc2ccccc2)c2ccccc21. The first-order valence-electron chi connectivity index (χ1n) is 6.44. The van der Waals surface area contributed by atoms with Gasteiger partial charge in [0.1, 0.15) is 6.04 Å². The van der Waals surface area contributed by atoms with Gasteiger partial charge in [-0.2, -0.15) is 0 Å². The lowest BCUT2D eigenvalue weighted by Gasteiger charge is -2.30. The first-order valence-corrected chi connectivity index (χ1v) is 6.44. The van der Waals surface area contributed by atoms with E-state index in [1.165, 1.54) is 5.56 Å². The Balaban J connectivity index is 1.95. The fourth-order valence-electron chi connectivity index (χ4n) is 2.60. The Morgan fingerprint density at radius 3 is 2.32 bits per heavy atom. The lowest BCUT2D eigenvalue weighted by Crippen LogP contribution is -2.42. The summed E-state index contributed by atoms with van der Waals surface area (Å²) in [6, 6.07) is 17.5. The van der Waals surface area contributed by atoms with E-state index < -0.39 is 6.04 Å². The van der Waals surface area contributed by atoms with Crippen LogP contribution in [0.1, 0.15) is 28.8 Å². The van der Waals surface area contributed by atoms with E-state index in [9.17, 15) is 4.79 Å². The normalized spacial score (nSPS) is 21.6. The molecule has 96 valence electrons. The molecular weight excluding hydrogens is 236 g/mol. The summed E-state index contributed by atoms with van der Waals surface area (Å²) < 4.78 is 0. The fourth-order valence-corrected chi connectivity index (χ4v) is 2.60. The minimum Gasteiger partial charge on any atom is -0.347 e. The standard InChI is InChI=1S/C16H16N2O/c17-15-13-9-5-4-8-12(13)14(18-16(15)19)10-11-6-2-1-3-7-11/h1-9,14-15H,10,17H2,(H,18,19). The molecule has 0 fully saturated rings. The molecule has 0 saturated carbocycles. The number of nitrogens with one attached hydrogen (secondary N) is 1. The topological polar surface area (TPSA) is 55.1 Å². The van der Waals surface area contributed by atoms with E-state index in [0.29, 0.717) is 0 Å². The van der Waals surface area contributed by atoms with Gasteiger partial charge in [0.25, 0.3) is 0 Å². The average molecular weight is 252 g/mol. The van der Waals surface area contributed by atoms with Crippen LogP contribution in [0, 0.1) is 0 Å². The second kappa shape index (κ2) is 4.86. The molecule has 3 nitrogen and oxygen atoms in total. The Morgan fingerprint density at radius 2 is 1.58 bits per heavy atom. The van der Waals surface area contributed by atoms with Crippen LogP contribution < -0.4 is 11.1 Å². The summed E-state index contributed by atoms with van der Waals surface area (Å²) in [4.78, 5) is 11.9. The van der Waals surface area contributed by atoms with Crippen molar-refractivity contribution >= 4 is 5.91 Å². The van der Waals surface area contributed by atoms with Crippen LogP contribution in [0.3, 0.4) is 0 Å². The van der Waals surface area contributed by atoms with Crippen molar-refractivity contribution in [2.24, 2.45) is 5.73 Å². The van der Waals surface area contributed by atoms with Gasteiger partial charge in [0.15, 0.2) is 0 Å². The molecule has 2 unspecified atom stereocenters. The van der Waals surface area contributed by atoms with Crippen molar-refractivity contribution < 1.29 is 4.79 Å². The van der Waals surface area contributed by atoms with Gasteiger partial charge in [0, 0.05) is 0 Å². The number of amides is 1. The summed E-state index contributed by atoms with van der Waals surface area (Å²) in [6.07, 6.45) is 0.788. The Morgan fingerprint density at radius 1 is 0.947 bits per heavy atom. The minimum absolute atomic E-state index is 0.00546. The molecule has 3 rings (SSSR count). The van der Waals surface area contributed by atoms with Gasteiger partial charge < -0.3 is 11.1 Å². The van der Waals surface area contributed by atoms with E-state index >= 15 is 0 Å². The van der Waals surface area contributed by atoms with Crippen molar-refractivity contribution in [2.45, 2.75) is 18.5 Å². The highest BCUT2D eigenvalue weighted by Gasteiger charge is 2.30. The molecule has 2 aromatic carbocycles. The predicted molar refractivity (Wildman–Crippen MR) is 74.4 cm³/mol. The fraction of sp³-hybridized carbons (Fsp3) is 0.188. The van der Waals surface area contributed by atoms with Gasteiger partial charge >= 0.3 is 0 Å². The molecule has 0 bridgehead atoms. The monoisotopic (exact) mass is 252 g/mol. The van der Waals surface area contributed by atoms with E-state index in [4.69, 9.17) is 5.73 Å². The van der Waals surface area contributed by atoms with Crippen molar-refractivity contribution in [1.82, 2.24) is 5.32 Å². The van der Waals surface area contributed by atoms with Crippen molar-refractivity contribution in [3.05, 3.63) is 71.3 Å². The van der Waals surface area contributed by atoms with Crippen LogP contribution in [-0.2, 0) is 11.2 Å². The maximum atomic E-state index is 11.9. The maximum absolute atomic E-state index is 11.9. The van der Waals surface area contributed by atoms with Gasteiger partial charge in [-0.15, -0.1) is 0 Å². The summed E-state index contributed by atoms with van der Waals surface area (Å²) in [5.41, 5.74) is 9.20. The molecule has 1 amide bonds. The third kappa shape index (κ3) is 2.25. The second-order valence-electron chi connectivity index (χ2n) is 4.86. The maximum Gasteiger partial charge on any atom is 0.242 e. The highest BCUT2D eigenvalue weighted by atomic mass is 16.2. The molecule has 2 aromatic rings. The number of carbonyl (C=O) groups excluding carboxylic acids is 1. The lowest BCUT2D eigenvalue weighted by atomic mass is 9.88.